The predicted molar refractivity (Wildman–Crippen MR) is 89.5 cm³/mol. The predicted octanol–water partition coefficient (Wildman–Crippen LogP) is 1.44. The Kier molecular flexibility index (Phi) is 4.62. The minimum Gasteiger partial charge on any atom is -0.379 e. The van der Waals surface area contributed by atoms with Crippen LogP contribution in [0, 0.1) is 0 Å². The number of morpholine rings is 1. The van der Waals surface area contributed by atoms with Crippen LogP contribution in [0.2, 0.25) is 0 Å². The average Bonchev–Trinajstić information content (AvgIpc) is 3.13. The van der Waals surface area contributed by atoms with Crippen LogP contribution in [0.4, 0.5) is 5.95 Å². The van der Waals surface area contributed by atoms with Gasteiger partial charge in [-0.25, -0.2) is 9.97 Å². The van der Waals surface area contributed by atoms with Gasteiger partial charge in [-0.1, -0.05) is 0 Å². The van der Waals surface area contributed by atoms with E-state index in [0.29, 0.717) is 0 Å². The van der Waals surface area contributed by atoms with Crippen molar-refractivity contribution in [3.8, 4) is 0 Å². The van der Waals surface area contributed by atoms with Crippen LogP contribution in [0.15, 0.2) is 30.9 Å². The Balaban J connectivity index is 1.52. The second-order valence-corrected chi connectivity index (χ2v) is 6.22. The molecule has 0 radical (unpaired) electrons. The lowest BCUT2D eigenvalue weighted by molar-refractivity contribution is 0.0335. The first-order valence-corrected chi connectivity index (χ1v) is 8.55. The zero-order valence-electron chi connectivity index (χ0n) is 13.7. The summed E-state index contributed by atoms with van der Waals surface area (Å²) in [5.74, 6) is 0.778. The molecule has 24 heavy (non-hydrogen) atoms. The molecular weight excluding hydrogens is 304 g/mol. The fraction of sp³-hybridized carbons (Fsp3) is 0.529. The van der Waals surface area contributed by atoms with Gasteiger partial charge in [-0.2, -0.15) is 0 Å². The van der Waals surface area contributed by atoms with Gasteiger partial charge in [0.1, 0.15) is 0 Å². The quantitative estimate of drug-likeness (QED) is 0.842. The Hall–Kier alpha value is -2.12. The van der Waals surface area contributed by atoms with E-state index in [-0.39, 0.29) is 6.04 Å². The number of nitrogens with zero attached hydrogens (tertiary/aromatic N) is 6. The monoisotopic (exact) mass is 326 g/mol. The Morgan fingerprint density at radius 1 is 1.08 bits per heavy atom. The van der Waals surface area contributed by atoms with Crippen LogP contribution >= 0.6 is 0 Å². The highest BCUT2D eigenvalue weighted by Gasteiger charge is 2.29. The molecule has 0 amide bonds. The van der Waals surface area contributed by atoms with Gasteiger partial charge < -0.3 is 9.64 Å². The lowest BCUT2D eigenvalue weighted by Gasteiger charge is -2.27. The lowest BCUT2D eigenvalue weighted by atomic mass is 10.1. The highest BCUT2D eigenvalue weighted by molar-refractivity contribution is 5.35. The van der Waals surface area contributed by atoms with Gasteiger partial charge in [-0.05, 0) is 18.9 Å². The highest BCUT2D eigenvalue weighted by atomic mass is 16.5. The van der Waals surface area contributed by atoms with E-state index < -0.39 is 0 Å². The zero-order chi connectivity index (χ0) is 16.2. The molecule has 0 aromatic carbocycles. The van der Waals surface area contributed by atoms with Crippen molar-refractivity contribution in [1.29, 1.82) is 0 Å². The molecule has 0 saturated carbocycles. The Morgan fingerprint density at radius 2 is 1.92 bits per heavy atom. The Bertz CT molecular complexity index is 661. The van der Waals surface area contributed by atoms with Gasteiger partial charge in [0, 0.05) is 44.8 Å². The standard InChI is InChI=1S/C17H22N6O/c1-3-16(23(6-1)17-19-4-2-5-20-17)15-12-18-11-14(21-15)13-22-7-9-24-10-8-22/h2,4-5,11-12,16H,1,3,6-10,13H2. The van der Waals surface area contributed by atoms with E-state index in [2.05, 4.69) is 24.8 Å². The highest BCUT2D eigenvalue weighted by Crippen LogP contribution is 2.32. The molecule has 4 heterocycles. The average molecular weight is 326 g/mol. The van der Waals surface area contributed by atoms with E-state index in [9.17, 15) is 0 Å². The number of ether oxygens (including phenoxy) is 1. The summed E-state index contributed by atoms with van der Waals surface area (Å²) in [5, 5.41) is 0. The van der Waals surface area contributed by atoms with Crippen molar-refractivity contribution >= 4 is 5.95 Å². The van der Waals surface area contributed by atoms with Crippen LogP contribution in [-0.4, -0.2) is 57.7 Å². The third-order valence-corrected chi connectivity index (χ3v) is 4.60. The number of anilines is 1. The molecule has 4 rings (SSSR count). The number of aromatic nitrogens is 4. The molecule has 0 N–H and O–H groups in total. The van der Waals surface area contributed by atoms with Gasteiger partial charge in [0.2, 0.25) is 5.95 Å². The number of rotatable bonds is 4. The molecule has 1 unspecified atom stereocenters. The maximum absolute atomic E-state index is 5.41. The molecule has 2 aliphatic rings. The van der Waals surface area contributed by atoms with Gasteiger partial charge in [-0.3, -0.25) is 14.9 Å². The van der Waals surface area contributed by atoms with Crippen LogP contribution in [0.25, 0.3) is 0 Å². The topological polar surface area (TPSA) is 67.3 Å². The molecule has 2 aromatic heterocycles. The first-order valence-electron chi connectivity index (χ1n) is 8.55. The van der Waals surface area contributed by atoms with Gasteiger partial charge in [0.15, 0.2) is 0 Å². The van der Waals surface area contributed by atoms with Crippen molar-refractivity contribution in [3.05, 3.63) is 42.2 Å². The van der Waals surface area contributed by atoms with E-state index >= 15 is 0 Å². The van der Waals surface area contributed by atoms with Gasteiger partial charge >= 0.3 is 0 Å². The van der Waals surface area contributed by atoms with Crippen molar-refractivity contribution in [1.82, 2.24) is 24.8 Å². The van der Waals surface area contributed by atoms with E-state index in [4.69, 9.17) is 9.72 Å². The first kappa shape index (κ1) is 15.4. The molecule has 0 aliphatic carbocycles. The zero-order valence-corrected chi connectivity index (χ0v) is 13.7. The maximum atomic E-state index is 5.41. The lowest BCUT2D eigenvalue weighted by Crippen LogP contribution is -2.36. The van der Waals surface area contributed by atoms with E-state index in [0.717, 1.165) is 69.6 Å². The smallest absolute Gasteiger partial charge is 0.225 e. The minimum atomic E-state index is 0.213. The largest absolute Gasteiger partial charge is 0.379 e. The fourth-order valence-corrected chi connectivity index (χ4v) is 3.40. The SMILES string of the molecule is c1cnc(N2CCCC2c2cncc(CN3CCOCC3)n2)nc1. The summed E-state index contributed by atoms with van der Waals surface area (Å²) in [6, 6.07) is 2.06. The van der Waals surface area contributed by atoms with Crippen LogP contribution in [0.3, 0.4) is 0 Å². The van der Waals surface area contributed by atoms with E-state index in [1.165, 1.54) is 0 Å². The Labute approximate surface area is 141 Å². The second kappa shape index (κ2) is 7.19. The van der Waals surface area contributed by atoms with Crippen molar-refractivity contribution < 1.29 is 4.74 Å². The molecule has 0 bridgehead atoms. The van der Waals surface area contributed by atoms with E-state index in [1.807, 2.05) is 18.5 Å². The fourth-order valence-electron chi connectivity index (χ4n) is 3.40. The number of hydrogen-bond acceptors (Lipinski definition) is 7. The molecule has 2 saturated heterocycles. The molecule has 126 valence electrons. The van der Waals surface area contributed by atoms with E-state index in [1.54, 1.807) is 12.4 Å². The molecular formula is C17H22N6O. The minimum absolute atomic E-state index is 0.213. The number of hydrogen-bond donors (Lipinski definition) is 0. The van der Waals surface area contributed by atoms with Crippen LogP contribution in [-0.2, 0) is 11.3 Å². The summed E-state index contributed by atoms with van der Waals surface area (Å²) in [6.45, 7) is 5.31. The molecule has 7 heteroatoms. The van der Waals surface area contributed by atoms with Crippen LogP contribution in [0.1, 0.15) is 30.3 Å². The summed E-state index contributed by atoms with van der Waals surface area (Å²) in [4.78, 5) is 22.7. The second-order valence-electron chi connectivity index (χ2n) is 6.22. The third kappa shape index (κ3) is 3.37. The first-order chi connectivity index (χ1) is 11.9. The molecule has 2 fully saturated rings. The Morgan fingerprint density at radius 3 is 2.75 bits per heavy atom. The van der Waals surface area contributed by atoms with Crippen molar-refractivity contribution in [2.24, 2.45) is 0 Å². The molecule has 1 atom stereocenters. The van der Waals surface area contributed by atoms with Crippen LogP contribution in [0.5, 0.6) is 0 Å². The van der Waals surface area contributed by atoms with Gasteiger partial charge in [0.05, 0.1) is 36.8 Å². The van der Waals surface area contributed by atoms with Gasteiger partial charge in [0.25, 0.3) is 0 Å². The summed E-state index contributed by atoms with van der Waals surface area (Å²) < 4.78 is 5.41. The van der Waals surface area contributed by atoms with Gasteiger partial charge in [-0.15, -0.1) is 0 Å². The molecule has 2 aromatic rings. The molecule has 7 nitrogen and oxygen atoms in total. The molecule has 2 aliphatic heterocycles. The van der Waals surface area contributed by atoms with Crippen LogP contribution < -0.4 is 4.90 Å². The maximum Gasteiger partial charge on any atom is 0.225 e. The summed E-state index contributed by atoms with van der Waals surface area (Å²) >= 11 is 0. The summed E-state index contributed by atoms with van der Waals surface area (Å²) in [7, 11) is 0. The third-order valence-electron chi connectivity index (χ3n) is 4.60. The summed E-state index contributed by atoms with van der Waals surface area (Å²) in [5.41, 5.74) is 2.04. The summed E-state index contributed by atoms with van der Waals surface area (Å²) in [6.07, 6.45) is 9.52. The van der Waals surface area contributed by atoms with Crippen molar-refractivity contribution in [2.75, 3.05) is 37.7 Å². The van der Waals surface area contributed by atoms with Crippen molar-refractivity contribution in [3.63, 3.8) is 0 Å². The van der Waals surface area contributed by atoms with Crippen molar-refractivity contribution in [2.45, 2.75) is 25.4 Å². The molecule has 0 spiro atoms. The normalized spacial score (nSPS) is 22.0.